The summed E-state index contributed by atoms with van der Waals surface area (Å²) in [6, 6.07) is 0. The van der Waals surface area contributed by atoms with Crippen molar-refractivity contribution in [1.82, 2.24) is 29.4 Å². The number of unbranched alkanes of at least 4 members (excludes halogenated alkanes) is 40. The van der Waals surface area contributed by atoms with Gasteiger partial charge in [-0.1, -0.05) is 364 Å². The second-order valence-electron chi connectivity index (χ2n) is 40.7. The van der Waals surface area contributed by atoms with Gasteiger partial charge in [0.1, 0.15) is 38.1 Å². The molecule has 21 nitrogen and oxygen atoms in total. The van der Waals surface area contributed by atoms with Gasteiger partial charge in [0.25, 0.3) is 15.7 Å². The van der Waals surface area contributed by atoms with E-state index in [-0.39, 0.29) is 69.8 Å². The number of nitrogens with zero attached hydrogens (tertiary/aromatic N) is 6. The van der Waals surface area contributed by atoms with Crippen molar-refractivity contribution in [3.63, 3.8) is 0 Å². The van der Waals surface area contributed by atoms with Gasteiger partial charge < -0.3 is 57.8 Å². The summed E-state index contributed by atoms with van der Waals surface area (Å²) in [5.74, 6) is 1.51. The van der Waals surface area contributed by atoms with E-state index in [4.69, 9.17) is 28.4 Å². The van der Waals surface area contributed by atoms with Crippen LogP contribution in [0.25, 0.3) is 0 Å². The Morgan fingerprint density at radius 3 is 0.669 bits per heavy atom. The molecule has 0 heterocycles. The Morgan fingerprint density at radius 2 is 0.407 bits per heavy atom. The fraction of sp³-hybridized carbons (Fsp3) is 0.843. The molecule has 0 unspecified atom stereocenters. The molecule has 0 N–H and O–H groups in total. The number of amides is 3. The predicted molar refractivity (Wildman–Crippen MR) is 622 cm³/mol. The molecule has 0 aliphatic heterocycles. The highest BCUT2D eigenvalue weighted by Gasteiger charge is 2.23. The van der Waals surface area contributed by atoms with E-state index in [9.17, 15) is 43.2 Å². The Labute approximate surface area is 904 Å². The van der Waals surface area contributed by atoms with Gasteiger partial charge in [-0.25, -0.2) is 0 Å². The first kappa shape index (κ1) is 144. The Bertz CT molecular complexity index is 3050. The number of carbonyl (C=O) groups excluding carboxylic acids is 9. The van der Waals surface area contributed by atoms with E-state index in [0.717, 1.165) is 255 Å². The zero-order valence-corrected chi connectivity index (χ0v) is 98.9. The maximum atomic E-state index is 13.1. The summed E-state index contributed by atoms with van der Waals surface area (Å²) < 4.78 is 33.9. The molecule has 848 valence electrons. The van der Waals surface area contributed by atoms with Crippen LogP contribution in [0.2, 0.25) is 0 Å². The molecule has 0 aromatic carbocycles. The fourth-order valence-electron chi connectivity index (χ4n) is 16.3. The highest BCUT2D eigenvalue weighted by atomic mass is 32.2. The monoisotopic (exact) mass is 2100 g/mol. The zero-order chi connectivity index (χ0) is 107. The van der Waals surface area contributed by atoms with E-state index in [2.05, 4.69) is 120 Å². The summed E-state index contributed by atoms with van der Waals surface area (Å²) in [5.41, 5.74) is 0. The van der Waals surface area contributed by atoms with E-state index >= 15 is 0 Å². The third kappa shape index (κ3) is 108. The minimum atomic E-state index is -0.162. The minimum Gasteiger partial charge on any atom is -0.462 e. The Morgan fingerprint density at radius 1 is 0.200 bits per heavy atom. The average molecular weight is 2100 g/mol. The van der Waals surface area contributed by atoms with Gasteiger partial charge in [-0.05, 0) is 241 Å². The van der Waals surface area contributed by atoms with Crippen molar-refractivity contribution in [2.24, 2.45) is 0 Å². The van der Waals surface area contributed by atoms with Crippen molar-refractivity contribution in [2.75, 3.05) is 138 Å². The highest BCUT2D eigenvalue weighted by molar-refractivity contribution is 8.14. The molecular weight excluding hydrogens is 1870 g/mol. The second kappa shape index (κ2) is 114. The number of allylic oxidation sites excluding steroid dienone is 7. The normalized spacial score (nSPS) is 11.7. The number of ether oxygens (including phenoxy) is 6. The van der Waals surface area contributed by atoms with Gasteiger partial charge in [-0.3, -0.25) is 43.2 Å². The lowest BCUT2D eigenvalue weighted by Gasteiger charge is -2.23. The Balaban J connectivity index is -0.00000209. The highest BCUT2D eigenvalue weighted by Crippen LogP contribution is 2.25. The molecule has 0 aliphatic rings. The molecule has 0 bridgehead atoms. The van der Waals surface area contributed by atoms with E-state index in [0.29, 0.717) is 104 Å². The molecule has 24 heteroatoms. The molecule has 0 radical (unpaired) electrons. The van der Waals surface area contributed by atoms with Crippen molar-refractivity contribution < 1.29 is 71.6 Å². The van der Waals surface area contributed by atoms with Crippen molar-refractivity contribution >= 4 is 86.8 Å². The summed E-state index contributed by atoms with van der Waals surface area (Å²) in [7, 11) is 12.1. The first-order chi connectivity index (χ1) is 70.5. The summed E-state index contributed by atoms with van der Waals surface area (Å²) >= 11 is 4.11. The molecule has 0 aromatic heterocycles. The van der Waals surface area contributed by atoms with Crippen LogP contribution in [0.1, 0.15) is 505 Å². The number of rotatable bonds is 101. The van der Waals surface area contributed by atoms with Gasteiger partial charge >= 0.3 is 35.8 Å². The van der Waals surface area contributed by atoms with Gasteiger partial charge in [-0.15, -0.1) is 0 Å². The number of esters is 6. The van der Waals surface area contributed by atoms with E-state index < -0.39 is 0 Å². The number of thioether (sulfide) groups is 3. The van der Waals surface area contributed by atoms with E-state index in [1.54, 1.807) is 0 Å². The Kier molecular flexibility index (Phi) is 114. The largest absolute Gasteiger partial charge is 0.462 e. The predicted octanol–water partition coefficient (Wildman–Crippen LogP) is 33.4. The molecule has 0 rings (SSSR count). The van der Waals surface area contributed by atoms with Crippen LogP contribution in [0.3, 0.4) is 0 Å². The molecule has 3 amide bonds. The first-order valence-corrected chi connectivity index (χ1v) is 62.5. The third-order valence-corrected chi connectivity index (χ3v) is 28.3. The molecule has 0 atom stereocenters. The molecule has 0 spiro atoms. The number of carbonyl (C=O) groups is 9. The second-order valence-corrected chi connectivity index (χ2v) is 43.8. The van der Waals surface area contributed by atoms with Gasteiger partial charge in [0.05, 0.1) is 0 Å². The van der Waals surface area contributed by atoms with Crippen molar-refractivity contribution in [2.45, 2.75) is 524 Å². The van der Waals surface area contributed by atoms with E-state index in [1.165, 1.54) is 215 Å². The van der Waals surface area contributed by atoms with Crippen LogP contribution in [-0.2, 0) is 57.2 Å². The smallest absolute Gasteiger partial charge is 0.306 e. The van der Waals surface area contributed by atoms with Crippen LogP contribution >= 0.6 is 35.3 Å². The minimum absolute atomic E-state index is 0.0174. The van der Waals surface area contributed by atoms with Crippen molar-refractivity contribution in [3.8, 4) is 0 Å². The first-order valence-electron chi connectivity index (χ1n) is 59.5. The lowest BCUT2D eigenvalue weighted by atomic mass is 10.0. The lowest BCUT2D eigenvalue weighted by molar-refractivity contribution is -0.151. The Hall–Kier alpha value is -5.14. The van der Waals surface area contributed by atoms with Gasteiger partial charge in [0.2, 0.25) is 0 Å². The van der Waals surface area contributed by atoms with Gasteiger partial charge in [0, 0.05) is 115 Å². The number of hydrogen-bond donors (Lipinski definition) is 0. The van der Waals surface area contributed by atoms with Crippen LogP contribution in [0, 0.1) is 0 Å². The summed E-state index contributed by atoms with van der Waals surface area (Å²) in [5, 5.41) is 0.311. The lowest BCUT2D eigenvalue weighted by Crippen LogP contribution is -2.31. The van der Waals surface area contributed by atoms with Crippen molar-refractivity contribution in [1.29, 1.82) is 0 Å². The average Bonchev–Trinajstić information content (AvgIpc) is 0.927. The molecule has 0 aliphatic carbocycles. The van der Waals surface area contributed by atoms with Crippen LogP contribution in [0.15, 0.2) is 60.8 Å². The third-order valence-electron chi connectivity index (χ3n) is 25.6. The summed E-state index contributed by atoms with van der Waals surface area (Å²) in [4.78, 5) is 126. The zero-order valence-electron chi connectivity index (χ0n) is 96.4. The summed E-state index contributed by atoms with van der Waals surface area (Å²) in [6.07, 6.45) is 91.3. The summed E-state index contributed by atoms with van der Waals surface area (Å²) in [6.45, 7) is 27.5. The molecule has 0 saturated carbocycles. The standard InChI is InChI=1S/C43H82N2O5S.C41H74N2O5S.C37H70N2O5S/c1-6-9-12-15-18-21-30-38-49-41(46)33-26-22-28-35-45(43(48)51-39-37-44(4)5)36-29-23-27-34-42(47)50-40(31-24-19-16-13-10-7-2)32-25-20-17-14-11-8-3;1-6-9-12-15-16-19-28-36-47-39(44)31-24-20-26-33-43(41(46)49-37-35-42(4)5)34-27-21-25-32-40(45)48-38(29-22-17-13-10-7-2)30-23-18-14-11-8-3;1-6-9-12-15-16-17-23-32-43-35(40)27-21-18-22-29-39(37(42)45-33-31-38(4)5)30-24-28-36(41)44-34(25-19-13-10-7-2)26-20-14-11-8-3/h21,30,40H,6-20,22-29,31-39H2,1-5H3;13-14,17-19,28,38H,6-12,15-16,20-27,29-37H2,1-5H3;17,23,34H,6-16,18-22,24-33H2,1-5H3/b30-21-;17-13+,18-14+,28-19-;23-17-. The maximum absolute atomic E-state index is 13.1. The maximum Gasteiger partial charge on any atom is 0.306 e. The van der Waals surface area contributed by atoms with Gasteiger partial charge in [0.15, 0.2) is 0 Å². The number of hydrogen-bond acceptors (Lipinski definition) is 21. The molecular formula is C121H226N6O15S3. The van der Waals surface area contributed by atoms with Crippen LogP contribution in [0.4, 0.5) is 14.4 Å². The molecule has 145 heavy (non-hydrogen) atoms. The molecule has 0 fully saturated rings. The van der Waals surface area contributed by atoms with E-state index in [1.807, 2.05) is 75.2 Å². The molecule has 0 aromatic rings. The fourth-order valence-corrected chi connectivity index (χ4v) is 19.3. The van der Waals surface area contributed by atoms with Crippen LogP contribution in [-0.4, -0.2) is 238 Å². The van der Waals surface area contributed by atoms with Crippen molar-refractivity contribution in [3.05, 3.63) is 60.8 Å². The SMILES string of the molecule is CCC/C=C/CCC(CC/C=C/CCC)OC(=O)CCCCCN(CCCCCC(=O)OC/C=C\CCCCCC)C(=O)SCCN(C)C.CCCCCC/C=C\COC(=O)CCCCCN(CCCC(=O)OC(CCCCCC)CCCCCC)C(=O)SCCN(C)C.CCCCCC/C=C\COC(=O)CCCCCN(CCCCCC(=O)OC(CCCCCCCC)CCCCCCCC)C(=O)SCCN(C)C. The topological polar surface area (TPSA) is 228 Å². The quantitative estimate of drug-likeness (QED) is 0.0238. The van der Waals surface area contributed by atoms with Gasteiger partial charge in [-0.2, -0.15) is 0 Å². The van der Waals surface area contributed by atoms with Crippen LogP contribution < -0.4 is 0 Å². The molecule has 0 saturated heterocycles. The van der Waals surface area contributed by atoms with Crippen LogP contribution in [0.5, 0.6) is 0 Å².